The SMILES string of the molecule is CCC1COC(C)CN1c1ccc(CCN)cc1Br. The number of hydrogen-bond acceptors (Lipinski definition) is 3. The Morgan fingerprint density at radius 1 is 1.47 bits per heavy atom. The summed E-state index contributed by atoms with van der Waals surface area (Å²) in [5.74, 6) is 0. The van der Waals surface area contributed by atoms with Crippen LogP contribution in [0.25, 0.3) is 0 Å². The maximum Gasteiger partial charge on any atom is 0.0723 e. The van der Waals surface area contributed by atoms with Crippen molar-refractivity contribution in [2.24, 2.45) is 5.73 Å². The number of hydrogen-bond donors (Lipinski definition) is 1. The van der Waals surface area contributed by atoms with Crippen LogP contribution in [0.4, 0.5) is 5.69 Å². The Morgan fingerprint density at radius 3 is 2.89 bits per heavy atom. The maximum absolute atomic E-state index is 5.76. The van der Waals surface area contributed by atoms with Gasteiger partial charge in [-0.25, -0.2) is 0 Å². The first-order chi connectivity index (χ1) is 9.15. The highest BCUT2D eigenvalue weighted by atomic mass is 79.9. The largest absolute Gasteiger partial charge is 0.375 e. The first-order valence-electron chi connectivity index (χ1n) is 7.02. The third kappa shape index (κ3) is 3.50. The Labute approximate surface area is 124 Å². The fourth-order valence-corrected chi connectivity index (χ4v) is 3.24. The predicted octanol–water partition coefficient (Wildman–Crippen LogP) is 2.95. The summed E-state index contributed by atoms with van der Waals surface area (Å²) in [6, 6.07) is 7.04. The molecule has 1 aromatic carbocycles. The van der Waals surface area contributed by atoms with E-state index in [9.17, 15) is 0 Å². The molecule has 2 N–H and O–H groups in total. The molecule has 1 saturated heterocycles. The molecule has 0 spiro atoms. The summed E-state index contributed by atoms with van der Waals surface area (Å²) in [6.45, 7) is 6.81. The van der Waals surface area contributed by atoms with Gasteiger partial charge in [0.05, 0.1) is 24.4 Å². The minimum Gasteiger partial charge on any atom is -0.375 e. The summed E-state index contributed by atoms with van der Waals surface area (Å²) in [5.41, 5.74) is 8.16. The van der Waals surface area contributed by atoms with Gasteiger partial charge in [-0.05, 0) is 59.9 Å². The van der Waals surface area contributed by atoms with Gasteiger partial charge in [-0.3, -0.25) is 0 Å². The van der Waals surface area contributed by atoms with Gasteiger partial charge in [-0.1, -0.05) is 13.0 Å². The Morgan fingerprint density at radius 2 is 2.26 bits per heavy atom. The topological polar surface area (TPSA) is 38.5 Å². The molecule has 1 aromatic rings. The van der Waals surface area contributed by atoms with Crippen LogP contribution in [-0.2, 0) is 11.2 Å². The zero-order valence-electron chi connectivity index (χ0n) is 11.7. The molecule has 2 rings (SSSR count). The lowest BCUT2D eigenvalue weighted by Gasteiger charge is -2.40. The van der Waals surface area contributed by atoms with Crippen molar-refractivity contribution in [2.45, 2.75) is 38.8 Å². The van der Waals surface area contributed by atoms with Crippen LogP contribution in [0.5, 0.6) is 0 Å². The third-order valence-corrected chi connectivity index (χ3v) is 4.33. The van der Waals surface area contributed by atoms with E-state index >= 15 is 0 Å². The van der Waals surface area contributed by atoms with Gasteiger partial charge in [0.2, 0.25) is 0 Å². The molecule has 0 aliphatic carbocycles. The standard InChI is InChI=1S/C15H23BrN2O/c1-3-13-10-19-11(2)9-18(13)15-5-4-12(6-7-17)8-14(15)16/h4-5,8,11,13H,3,6-7,9-10,17H2,1-2H3. The van der Waals surface area contributed by atoms with E-state index in [0.29, 0.717) is 18.7 Å². The molecule has 0 amide bonds. The van der Waals surface area contributed by atoms with Gasteiger partial charge >= 0.3 is 0 Å². The second kappa shape index (κ2) is 6.73. The molecular weight excluding hydrogens is 304 g/mol. The third-order valence-electron chi connectivity index (χ3n) is 3.69. The molecule has 19 heavy (non-hydrogen) atoms. The van der Waals surface area contributed by atoms with Crippen LogP contribution in [-0.4, -0.2) is 31.8 Å². The van der Waals surface area contributed by atoms with E-state index in [2.05, 4.69) is 52.9 Å². The van der Waals surface area contributed by atoms with Gasteiger partial charge in [0.15, 0.2) is 0 Å². The average molecular weight is 327 g/mol. The number of halogens is 1. The zero-order chi connectivity index (χ0) is 13.8. The number of morpholine rings is 1. The van der Waals surface area contributed by atoms with Crippen LogP contribution in [0, 0.1) is 0 Å². The van der Waals surface area contributed by atoms with Crippen LogP contribution < -0.4 is 10.6 Å². The van der Waals surface area contributed by atoms with Gasteiger partial charge in [-0.15, -0.1) is 0 Å². The number of benzene rings is 1. The van der Waals surface area contributed by atoms with Crippen molar-refractivity contribution in [3.63, 3.8) is 0 Å². The van der Waals surface area contributed by atoms with Crippen LogP contribution in [0.2, 0.25) is 0 Å². The first kappa shape index (κ1) is 14.8. The van der Waals surface area contributed by atoms with Crippen molar-refractivity contribution in [3.05, 3.63) is 28.2 Å². The Kier molecular flexibility index (Phi) is 5.25. The average Bonchev–Trinajstić information content (AvgIpc) is 2.39. The van der Waals surface area contributed by atoms with Crippen molar-refractivity contribution in [1.82, 2.24) is 0 Å². The highest BCUT2D eigenvalue weighted by Gasteiger charge is 2.26. The molecule has 1 aliphatic heterocycles. The lowest BCUT2D eigenvalue weighted by Crippen LogP contribution is -2.48. The fourth-order valence-electron chi connectivity index (χ4n) is 2.58. The van der Waals surface area contributed by atoms with Gasteiger partial charge in [0.1, 0.15) is 0 Å². The molecule has 0 bridgehead atoms. The Balaban J connectivity index is 2.23. The lowest BCUT2D eigenvalue weighted by molar-refractivity contribution is 0.0299. The normalized spacial score (nSPS) is 23.7. The van der Waals surface area contributed by atoms with Crippen molar-refractivity contribution in [1.29, 1.82) is 0 Å². The molecule has 106 valence electrons. The van der Waals surface area contributed by atoms with E-state index in [4.69, 9.17) is 10.5 Å². The Bertz CT molecular complexity index is 425. The van der Waals surface area contributed by atoms with Crippen LogP contribution in [0.1, 0.15) is 25.8 Å². The monoisotopic (exact) mass is 326 g/mol. The van der Waals surface area contributed by atoms with Crippen molar-refractivity contribution < 1.29 is 4.74 Å². The van der Waals surface area contributed by atoms with E-state index < -0.39 is 0 Å². The number of ether oxygens (including phenoxy) is 1. The lowest BCUT2D eigenvalue weighted by atomic mass is 10.1. The summed E-state index contributed by atoms with van der Waals surface area (Å²) in [4.78, 5) is 2.46. The molecule has 3 nitrogen and oxygen atoms in total. The van der Waals surface area contributed by atoms with Crippen LogP contribution in [0.15, 0.2) is 22.7 Å². The minimum absolute atomic E-state index is 0.290. The second-order valence-corrected chi connectivity index (χ2v) is 6.04. The molecule has 0 radical (unpaired) electrons. The predicted molar refractivity (Wildman–Crippen MR) is 83.7 cm³/mol. The molecule has 1 fully saturated rings. The maximum atomic E-state index is 5.76. The van der Waals surface area contributed by atoms with Crippen LogP contribution >= 0.6 is 15.9 Å². The van der Waals surface area contributed by atoms with E-state index in [1.165, 1.54) is 11.3 Å². The molecular formula is C15H23BrN2O. The first-order valence-corrected chi connectivity index (χ1v) is 7.81. The summed E-state index contributed by atoms with van der Waals surface area (Å²) < 4.78 is 6.92. The quantitative estimate of drug-likeness (QED) is 0.924. The highest BCUT2D eigenvalue weighted by molar-refractivity contribution is 9.10. The van der Waals surface area contributed by atoms with Gasteiger partial charge in [0, 0.05) is 11.0 Å². The summed E-state index contributed by atoms with van der Waals surface area (Å²) in [6.07, 6.45) is 2.32. The minimum atomic E-state index is 0.290. The zero-order valence-corrected chi connectivity index (χ0v) is 13.3. The summed E-state index contributed by atoms with van der Waals surface area (Å²) in [5, 5.41) is 0. The van der Waals surface area contributed by atoms with Crippen molar-refractivity contribution in [2.75, 3.05) is 24.6 Å². The molecule has 0 aromatic heterocycles. The fraction of sp³-hybridized carbons (Fsp3) is 0.600. The summed E-state index contributed by atoms with van der Waals surface area (Å²) >= 11 is 3.71. The highest BCUT2D eigenvalue weighted by Crippen LogP contribution is 2.31. The van der Waals surface area contributed by atoms with E-state index in [-0.39, 0.29) is 0 Å². The Hall–Kier alpha value is -0.580. The van der Waals surface area contributed by atoms with E-state index in [1.807, 2.05) is 0 Å². The summed E-state index contributed by atoms with van der Waals surface area (Å²) in [7, 11) is 0. The van der Waals surface area contributed by atoms with E-state index in [0.717, 1.165) is 30.5 Å². The molecule has 2 unspecified atom stereocenters. The number of anilines is 1. The van der Waals surface area contributed by atoms with Crippen molar-refractivity contribution in [3.8, 4) is 0 Å². The van der Waals surface area contributed by atoms with Crippen molar-refractivity contribution >= 4 is 21.6 Å². The molecule has 2 atom stereocenters. The second-order valence-electron chi connectivity index (χ2n) is 5.18. The molecule has 0 saturated carbocycles. The molecule has 1 aliphatic rings. The molecule has 4 heteroatoms. The van der Waals surface area contributed by atoms with Gasteiger partial charge in [0.25, 0.3) is 0 Å². The van der Waals surface area contributed by atoms with Gasteiger partial charge < -0.3 is 15.4 Å². The smallest absolute Gasteiger partial charge is 0.0723 e. The van der Waals surface area contributed by atoms with Crippen LogP contribution in [0.3, 0.4) is 0 Å². The number of rotatable bonds is 4. The molecule has 1 heterocycles. The number of nitrogens with zero attached hydrogens (tertiary/aromatic N) is 1. The van der Waals surface area contributed by atoms with E-state index in [1.54, 1.807) is 0 Å². The number of nitrogens with two attached hydrogens (primary N) is 1. The van der Waals surface area contributed by atoms with Gasteiger partial charge in [-0.2, -0.15) is 0 Å².